The highest BCUT2D eigenvalue weighted by molar-refractivity contribution is 6.01. The number of hydrogen-bond donors (Lipinski definition) is 0. The standard InChI is InChI=1S/C21H19F2NO4/c1-27-14-3-5-19-16(11-14)18(25)12-21(28-19)6-8-24(9-7-21)20(26)15-10-13(22)2-4-17(15)23/h2-5,10-11H,6-9,12H2,1H3. The van der Waals surface area contributed by atoms with Crippen LogP contribution in [0, 0.1) is 11.6 Å². The summed E-state index contributed by atoms with van der Waals surface area (Å²) in [5.41, 5.74) is -0.477. The van der Waals surface area contributed by atoms with Gasteiger partial charge in [-0.05, 0) is 36.4 Å². The van der Waals surface area contributed by atoms with Crippen LogP contribution in [0.1, 0.15) is 40.0 Å². The number of ketones is 1. The average molecular weight is 387 g/mol. The Morgan fingerprint density at radius 3 is 2.61 bits per heavy atom. The third-order valence-electron chi connectivity index (χ3n) is 5.42. The van der Waals surface area contributed by atoms with E-state index in [1.165, 1.54) is 12.0 Å². The van der Waals surface area contributed by atoms with E-state index in [1.54, 1.807) is 18.2 Å². The Morgan fingerprint density at radius 1 is 1.14 bits per heavy atom. The maximum Gasteiger partial charge on any atom is 0.256 e. The molecule has 1 amide bonds. The molecule has 0 atom stereocenters. The van der Waals surface area contributed by atoms with Gasteiger partial charge in [-0.2, -0.15) is 0 Å². The maximum atomic E-state index is 13.9. The number of amides is 1. The van der Waals surface area contributed by atoms with Crippen LogP contribution in [-0.2, 0) is 0 Å². The molecule has 0 bridgehead atoms. The lowest BCUT2D eigenvalue weighted by Crippen LogP contribution is -2.52. The lowest BCUT2D eigenvalue weighted by molar-refractivity contribution is -0.00587. The van der Waals surface area contributed by atoms with Gasteiger partial charge in [-0.3, -0.25) is 9.59 Å². The number of nitrogens with zero attached hydrogens (tertiary/aromatic N) is 1. The van der Waals surface area contributed by atoms with Crippen molar-refractivity contribution in [3.8, 4) is 11.5 Å². The van der Waals surface area contributed by atoms with Crippen LogP contribution < -0.4 is 9.47 Å². The lowest BCUT2D eigenvalue weighted by Gasteiger charge is -2.44. The molecule has 2 heterocycles. The molecule has 4 rings (SSSR count). The zero-order valence-corrected chi connectivity index (χ0v) is 15.3. The van der Waals surface area contributed by atoms with Gasteiger partial charge in [0, 0.05) is 25.9 Å². The number of benzene rings is 2. The number of likely N-dealkylation sites (tertiary alicyclic amines) is 1. The van der Waals surface area contributed by atoms with Gasteiger partial charge in [0.05, 0.1) is 24.7 Å². The average Bonchev–Trinajstić information content (AvgIpc) is 2.69. The molecule has 146 valence electrons. The molecule has 5 nitrogen and oxygen atoms in total. The fourth-order valence-corrected chi connectivity index (χ4v) is 3.83. The van der Waals surface area contributed by atoms with Crippen LogP contribution in [0.15, 0.2) is 36.4 Å². The molecule has 1 spiro atoms. The summed E-state index contributed by atoms with van der Waals surface area (Å²) in [6, 6.07) is 7.94. The molecule has 0 radical (unpaired) electrons. The highest BCUT2D eigenvalue weighted by atomic mass is 19.1. The molecule has 2 aliphatic heterocycles. The van der Waals surface area contributed by atoms with E-state index in [9.17, 15) is 18.4 Å². The number of methoxy groups -OCH3 is 1. The van der Waals surface area contributed by atoms with Gasteiger partial charge in [0.25, 0.3) is 5.91 Å². The number of carbonyl (C=O) groups excluding carboxylic acids is 2. The van der Waals surface area contributed by atoms with Crippen molar-refractivity contribution >= 4 is 11.7 Å². The normalized spacial score (nSPS) is 17.8. The van der Waals surface area contributed by atoms with Crippen LogP contribution in [-0.4, -0.2) is 42.4 Å². The summed E-state index contributed by atoms with van der Waals surface area (Å²) in [7, 11) is 1.53. The number of hydrogen-bond acceptors (Lipinski definition) is 4. The summed E-state index contributed by atoms with van der Waals surface area (Å²) in [6.45, 7) is 0.598. The molecule has 0 aromatic heterocycles. The van der Waals surface area contributed by atoms with E-state index in [1.807, 2.05) is 0 Å². The van der Waals surface area contributed by atoms with Crippen molar-refractivity contribution in [2.45, 2.75) is 24.9 Å². The highest BCUT2D eigenvalue weighted by Gasteiger charge is 2.44. The summed E-state index contributed by atoms with van der Waals surface area (Å²) in [4.78, 5) is 26.7. The summed E-state index contributed by atoms with van der Waals surface area (Å²) < 4.78 is 38.6. The topological polar surface area (TPSA) is 55.8 Å². The van der Waals surface area contributed by atoms with Crippen molar-refractivity contribution < 1.29 is 27.8 Å². The Kier molecular flexibility index (Phi) is 4.53. The Labute approximate surface area is 160 Å². The van der Waals surface area contributed by atoms with Crippen molar-refractivity contribution in [1.82, 2.24) is 4.90 Å². The fraction of sp³-hybridized carbons (Fsp3) is 0.333. The smallest absolute Gasteiger partial charge is 0.256 e. The molecule has 0 N–H and O–H groups in total. The van der Waals surface area contributed by atoms with Gasteiger partial charge in [0.15, 0.2) is 5.78 Å². The summed E-state index contributed by atoms with van der Waals surface area (Å²) in [6.07, 6.45) is 1.09. The minimum atomic E-state index is -0.751. The molecule has 0 unspecified atom stereocenters. The fourth-order valence-electron chi connectivity index (χ4n) is 3.83. The summed E-state index contributed by atoms with van der Waals surface area (Å²) >= 11 is 0. The van der Waals surface area contributed by atoms with Crippen LogP contribution in [0.5, 0.6) is 11.5 Å². The monoisotopic (exact) mass is 387 g/mol. The molecule has 1 saturated heterocycles. The number of carbonyl (C=O) groups is 2. The van der Waals surface area contributed by atoms with Crippen LogP contribution in [0.4, 0.5) is 8.78 Å². The third kappa shape index (κ3) is 3.21. The number of piperidine rings is 1. The number of fused-ring (bicyclic) bond motifs is 1. The van der Waals surface area contributed by atoms with E-state index >= 15 is 0 Å². The van der Waals surface area contributed by atoms with Gasteiger partial charge in [-0.1, -0.05) is 0 Å². The molecule has 7 heteroatoms. The van der Waals surface area contributed by atoms with Crippen molar-refractivity contribution in [1.29, 1.82) is 0 Å². The van der Waals surface area contributed by atoms with Crippen molar-refractivity contribution in [2.24, 2.45) is 0 Å². The Bertz CT molecular complexity index is 951. The molecule has 0 aliphatic carbocycles. The van der Waals surface area contributed by atoms with Crippen molar-refractivity contribution in [2.75, 3.05) is 20.2 Å². The van der Waals surface area contributed by atoms with E-state index < -0.39 is 23.1 Å². The van der Waals surface area contributed by atoms with E-state index in [0.717, 1.165) is 18.2 Å². The SMILES string of the molecule is COc1ccc2c(c1)C(=O)CC1(CCN(C(=O)c3cc(F)ccc3F)CC1)O2. The Balaban J connectivity index is 1.50. The zero-order chi connectivity index (χ0) is 19.9. The first-order chi connectivity index (χ1) is 13.4. The van der Waals surface area contributed by atoms with E-state index in [4.69, 9.17) is 9.47 Å². The molecule has 2 aromatic rings. The van der Waals surface area contributed by atoms with Gasteiger partial charge in [0.2, 0.25) is 0 Å². The van der Waals surface area contributed by atoms with E-state index in [2.05, 4.69) is 0 Å². The van der Waals surface area contributed by atoms with Crippen LogP contribution >= 0.6 is 0 Å². The summed E-state index contributed by atoms with van der Waals surface area (Å²) in [5, 5.41) is 0. The zero-order valence-electron chi connectivity index (χ0n) is 15.3. The van der Waals surface area contributed by atoms with Gasteiger partial charge in [-0.25, -0.2) is 8.78 Å². The predicted octanol–water partition coefficient (Wildman–Crippen LogP) is 3.61. The van der Waals surface area contributed by atoms with Crippen LogP contribution in [0.2, 0.25) is 0 Å². The van der Waals surface area contributed by atoms with Crippen molar-refractivity contribution in [3.63, 3.8) is 0 Å². The Hall–Kier alpha value is -2.96. The van der Waals surface area contributed by atoms with Gasteiger partial charge < -0.3 is 14.4 Å². The predicted molar refractivity (Wildman–Crippen MR) is 96.8 cm³/mol. The number of Topliss-reactive ketones (excluding diaryl/α,β-unsaturated/α-hetero) is 1. The molecule has 2 aromatic carbocycles. The number of halogens is 2. The van der Waals surface area contributed by atoms with Crippen LogP contribution in [0.3, 0.4) is 0 Å². The molecular weight excluding hydrogens is 368 g/mol. The van der Waals surface area contributed by atoms with E-state index in [-0.39, 0.29) is 17.8 Å². The first-order valence-electron chi connectivity index (χ1n) is 9.05. The molecule has 1 fully saturated rings. The molecular formula is C21H19F2NO4. The highest BCUT2D eigenvalue weighted by Crippen LogP contribution is 2.40. The quantitative estimate of drug-likeness (QED) is 0.790. The number of rotatable bonds is 2. The lowest BCUT2D eigenvalue weighted by atomic mass is 9.82. The maximum absolute atomic E-state index is 13.9. The Morgan fingerprint density at radius 2 is 1.89 bits per heavy atom. The molecule has 28 heavy (non-hydrogen) atoms. The van der Waals surface area contributed by atoms with Gasteiger partial charge >= 0.3 is 0 Å². The first-order valence-corrected chi connectivity index (χ1v) is 9.05. The summed E-state index contributed by atoms with van der Waals surface area (Å²) in [5.74, 6) is -0.905. The molecule has 0 saturated carbocycles. The van der Waals surface area contributed by atoms with E-state index in [0.29, 0.717) is 43.0 Å². The number of ether oxygens (including phenoxy) is 2. The largest absolute Gasteiger partial charge is 0.497 e. The van der Waals surface area contributed by atoms with Gasteiger partial charge in [-0.15, -0.1) is 0 Å². The second kappa shape index (κ2) is 6.89. The second-order valence-corrected chi connectivity index (χ2v) is 7.16. The third-order valence-corrected chi connectivity index (χ3v) is 5.42. The van der Waals surface area contributed by atoms with Gasteiger partial charge in [0.1, 0.15) is 28.7 Å². The molecule has 2 aliphatic rings. The van der Waals surface area contributed by atoms with Crippen LogP contribution in [0.25, 0.3) is 0 Å². The minimum absolute atomic E-state index is 0.0314. The van der Waals surface area contributed by atoms with Crippen molar-refractivity contribution in [3.05, 3.63) is 59.2 Å². The first kappa shape index (κ1) is 18.4. The second-order valence-electron chi connectivity index (χ2n) is 7.16. The minimum Gasteiger partial charge on any atom is -0.497 e.